The zero-order valence-corrected chi connectivity index (χ0v) is 11.9. The van der Waals surface area contributed by atoms with Crippen molar-refractivity contribution >= 4 is 38.7 Å². The van der Waals surface area contributed by atoms with E-state index in [4.69, 9.17) is 5.11 Å². The number of aliphatic carboxylic acids is 1. The molecule has 0 spiro atoms. The Morgan fingerprint density at radius 3 is 2.90 bits per heavy atom. The van der Waals surface area contributed by atoms with Gasteiger partial charge in [0.15, 0.2) is 0 Å². The zero-order valence-electron chi connectivity index (χ0n) is 10.3. The van der Waals surface area contributed by atoms with Gasteiger partial charge in [-0.2, -0.15) is 13.4 Å². The van der Waals surface area contributed by atoms with Crippen LogP contribution in [0.3, 0.4) is 0 Å². The molecule has 0 fully saturated rings. The Hall–Kier alpha value is -1.62. The van der Waals surface area contributed by atoms with E-state index >= 15 is 0 Å². The summed E-state index contributed by atoms with van der Waals surface area (Å²) in [4.78, 5) is 10.9. The normalized spacial score (nSPS) is 14.7. The third-order valence-electron chi connectivity index (χ3n) is 2.47. The summed E-state index contributed by atoms with van der Waals surface area (Å²) in [5, 5.41) is 8.96. The molecule has 1 heterocycles. The first kappa shape index (κ1) is 14.8. The van der Waals surface area contributed by atoms with Crippen LogP contribution in [0, 0.1) is 0 Å². The number of carboxylic acid groups (broad SMARTS) is 1. The Bertz CT molecular complexity index is 710. The maximum absolute atomic E-state index is 12.2. The third-order valence-corrected chi connectivity index (χ3v) is 4.51. The summed E-state index contributed by atoms with van der Waals surface area (Å²) in [6.07, 6.45) is 0. The number of carbonyl (C=O) groups is 1. The molecule has 0 saturated carbocycles. The number of nitrogens with one attached hydrogen (secondary N) is 1. The second kappa shape index (κ2) is 5.79. The number of carboxylic acids is 1. The van der Waals surface area contributed by atoms with Crippen LogP contribution in [0.1, 0.15) is 0 Å². The van der Waals surface area contributed by atoms with Gasteiger partial charge in [0.05, 0.1) is 18.0 Å². The number of rotatable bonds is 6. The molecule has 20 heavy (non-hydrogen) atoms. The molecule has 2 N–H and O–H groups in total. The lowest BCUT2D eigenvalue weighted by molar-refractivity contribution is -0.140. The summed E-state index contributed by atoms with van der Waals surface area (Å²) in [6.45, 7) is -0.278. The number of benzene rings is 1. The van der Waals surface area contributed by atoms with Crippen LogP contribution in [0.2, 0.25) is 0 Å². The standard InChI is InChI=1S/C10H11N3O5S2/c1-18-5-7(10(14)15)13-20(16,17)8-4-2-3-6-9(8)12-19-11-6/h2-4,7,13H,5H2,1H3,(H,14,15). The SMILES string of the molecule is COCC(NS(=O)(=O)c1cccc2c1N=S=N2)C(=O)O. The summed E-state index contributed by atoms with van der Waals surface area (Å²) in [7, 11) is -2.74. The number of ether oxygens (including phenoxy) is 1. The molecule has 0 bridgehead atoms. The largest absolute Gasteiger partial charge is 0.480 e. The monoisotopic (exact) mass is 317 g/mol. The van der Waals surface area contributed by atoms with Crippen LogP contribution in [0.15, 0.2) is 31.8 Å². The van der Waals surface area contributed by atoms with E-state index in [9.17, 15) is 13.2 Å². The van der Waals surface area contributed by atoms with Gasteiger partial charge >= 0.3 is 5.97 Å². The molecule has 1 unspecified atom stereocenters. The molecule has 1 aromatic carbocycles. The molecule has 0 saturated heterocycles. The van der Waals surface area contributed by atoms with E-state index in [0.29, 0.717) is 5.69 Å². The van der Waals surface area contributed by atoms with Gasteiger partial charge in [0, 0.05) is 7.11 Å². The van der Waals surface area contributed by atoms with Crippen molar-refractivity contribution in [3.63, 3.8) is 0 Å². The number of hydrogen-bond donors (Lipinski definition) is 2. The lowest BCUT2D eigenvalue weighted by atomic mass is 10.3. The first-order valence-corrected chi connectivity index (χ1v) is 7.62. The van der Waals surface area contributed by atoms with Gasteiger partial charge in [-0.1, -0.05) is 6.07 Å². The second-order valence-corrected chi connectivity index (χ2v) is 6.07. The predicted octanol–water partition coefficient (Wildman–Crippen LogP) is 0.791. The van der Waals surface area contributed by atoms with Crippen LogP contribution in [-0.4, -0.2) is 39.3 Å². The van der Waals surface area contributed by atoms with Gasteiger partial charge in [-0.25, -0.2) is 8.42 Å². The Balaban J connectivity index is 2.35. The quantitative estimate of drug-likeness (QED) is 0.816. The number of sulfonamides is 1. The van der Waals surface area contributed by atoms with Crippen LogP contribution < -0.4 is 4.72 Å². The Labute approximate surface area is 118 Å². The van der Waals surface area contributed by atoms with Crippen molar-refractivity contribution < 1.29 is 23.1 Å². The van der Waals surface area contributed by atoms with E-state index < -0.39 is 22.0 Å². The van der Waals surface area contributed by atoms with Gasteiger partial charge in [-0.15, -0.1) is 0 Å². The lowest BCUT2D eigenvalue weighted by Gasteiger charge is -2.14. The van der Waals surface area contributed by atoms with E-state index in [2.05, 4.69) is 18.2 Å². The van der Waals surface area contributed by atoms with Crippen LogP contribution in [0.25, 0.3) is 0 Å². The van der Waals surface area contributed by atoms with Crippen molar-refractivity contribution in [2.75, 3.05) is 13.7 Å². The molecule has 1 aliphatic rings. The summed E-state index contributed by atoms with van der Waals surface area (Å²) in [5.74, 6) is -1.32. The highest BCUT2D eigenvalue weighted by Crippen LogP contribution is 2.37. The van der Waals surface area contributed by atoms with Gasteiger partial charge < -0.3 is 9.84 Å². The van der Waals surface area contributed by atoms with Crippen LogP contribution in [-0.2, 0) is 30.9 Å². The number of methoxy groups -OCH3 is 1. The van der Waals surface area contributed by atoms with Crippen molar-refractivity contribution in [3.8, 4) is 0 Å². The molecule has 0 amide bonds. The lowest BCUT2D eigenvalue weighted by Crippen LogP contribution is -2.43. The number of nitrogens with zero attached hydrogens (tertiary/aromatic N) is 2. The highest BCUT2D eigenvalue weighted by molar-refractivity contribution is 7.89. The summed E-state index contributed by atoms with van der Waals surface area (Å²) in [6, 6.07) is 3.12. The molecule has 0 radical (unpaired) electrons. The Kier molecular flexibility index (Phi) is 4.28. The maximum atomic E-state index is 12.2. The Morgan fingerprint density at radius 2 is 2.25 bits per heavy atom. The van der Waals surface area contributed by atoms with E-state index in [1.54, 1.807) is 6.07 Å². The molecule has 1 atom stereocenters. The van der Waals surface area contributed by atoms with Crippen molar-refractivity contribution in [1.82, 2.24) is 4.72 Å². The minimum atomic E-state index is -4.03. The van der Waals surface area contributed by atoms with E-state index in [-0.39, 0.29) is 17.2 Å². The van der Waals surface area contributed by atoms with E-state index in [0.717, 1.165) is 11.4 Å². The van der Waals surface area contributed by atoms with Crippen molar-refractivity contribution in [2.24, 2.45) is 8.73 Å². The van der Waals surface area contributed by atoms with Crippen LogP contribution in [0.5, 0.6) is 0 Å². The molecule has 1 aliphatic heterocycles. The summed E-state index contributed by atoms with van der Waals surface area (Å²) < 4.78 is 39.1. The predicted molar refractivity (Wildman–Crippen MR) is 71.6 cm³/mol. The smallest absolute Gasteiger partial charge is 0.324 e. The van der Waals surface area contributed by atoms with Crippen molar-refractivity contribution in [1.29, 1.82) is 0 Å². The van der Waals surface area contributed by atoms with Crippen LogP contribution >= 0.6 is 0 Å². The van der Waals surface area contributed by atoms with Crippen molar-refractivity contribution in [3.05, 3.63) is 18.2 Å². The molecular weight excluding hydrogens is 306 g/mol. The topological polar surface area (TPSA) is 117 Å². The van der Waals surface area contributed by atoms with Gasteiger partial charge in [0.2, 0.25) is 10.0 Å². The van der Waals surface area contributed by atoms with Crippen molar-refractivity contribution in [2.45, 2.75) is 10.9 Å². The molecule has 8 nitrogen and oxygen atoms in total. The third kappa shape index (κ3) is 2.93. The fraction of sp³-hybridized carbons (Fsp3) is 0.300. The highest BCUT2D eigenvalue weighted by atomic mass is 32.2. The van der Waals surface area contributed by atoms with E-state index in [1.165, 1.54) is 19.2 Å². The Morgan fingerprint density at radius 1 is 1.50 bits per heavy atom. The molecule has 2 rings (SSSR count). The zero-order chi connectivity index (χ0) is 14.8. The fourth-order valence-corrected chi connectivity index (χ4v) is 3.51. The molecule has 1 aromatic rings. The van der Waals surface area contributed by atoms with Crippen LogP contribution in [0.4, 0.5) is 11.4 Å². The van der Waals surface area contributed by atoms with Gasteiger partial charge in [-0.05, 0) is 12.1 Å². The molecule has 10 heteroatoms. The minimum absolute atomic E-state index is 0.105. The molecule has 0 aliphatic carbocycles. The summed E-state index contributed by atoms with van der Waals surface area (Å²) >= 11 is 0.885. The average molecular weight is 317 g/mol. The van der Waals surface area contributed by atoms with Gasteiger partial charge in [-0.3, -0.25) is 4.79 Å². The summed E-state index contributed by atoms with van der Waals surface area (Å²) in [5.41, 5.74) is 0.656. The maximum Gasteiger partial charge on any atom is 0.324 e. The van der Waals surface area contributed by atoms with E-state index in [1.807, 2.05) is 0 Å². The highest BCUT2D eigenvalue weighted by Gasteiger charge is 2.28. The second-order valence-electron chi connectivity index (χ2n) is 3.86. The molecular formula is C10H11N3O5S2. The average Bonchev–Trinajstić information content (AvgIpc) is 2.85. The fourth-order valence-electron chi connectivity index (χ4n) is 1.57. The molecule has 108 valence electrons. The number of hydrogen-bond acceptors (Lipinski definition) is 6. The number of fused-ring (bicyclic) bond motifs is 1. The first-order valence-electron chi connectivity index (χ1n) is 5.41. The minimum Gasteiger partial charge on any atom is -0.480 e. The van der Waals surface area contributed by atoms with Gasteiger partial charge in [0.25, 0.3) is 0 Å². The van der Waals surface area contributed by atoms with Gasteiger partial charge in [0.1, 0.15) is 22.3 Å². The molecule has 0 aromatic heterocycles. The first-order chi connectivity index (χ1) is 9.45.